The van der Waals surface area contributed by atoms with Gasteiger partial charge in [-0.3, -0.25) is 4.79 Å². The third-order valence-electron chi connectivity index (χ3n) is 6.97. The van der Waals surface area contributed by atoms with E-state index in [1.54, 1.807) is 0 Å². The zero-order chi connectivity index (χ0) is 19.9. The van der Waals surface area contributed by atoms with E-state index in [9.17, 15) is 9.59 Å². The maximum absolute atomic E-state index is 11.2. The first-order chi connectivity index (χ1) is 13.6. The van der Waals surface area contributed by atoms with Gasteiger partial charge in [-0.2, -0.15) is 0 Å². The lowest BCUT2D eigenvalue weighted by Crippen LogP contribution is -2.27. The summed E-state index contributed by atoms with van der Waals surface area (Å²) in [7, 11) is 0. The van der Waals surface area contributed by atoms with Crippen molar-refractivity contribution in [2.75, 3.05) is 33.0 Å². The second-order valence-corrected chi connectivity index (χ2v) is 8.62. The van der Waals surface area contributed by atoms with E-state index in [0.29, 0.717) is 38.1 Å². The van der Waals surface area contributed by atoms with Gasteiger partial charge in [0.05, 0.1) is 6.61 Å². The molecule has 5 nitrogen and oxygen atoms in total. The van der Waals surface area contributed by atoms with E-state index in [1.807, 2.05) is 0 Å². The van der Waals surface area contributed by atoms with Crippen molar-refractivity contribution in [1.29, 1.82) is 0 Å². The molecule has 3 saturated carbocycles. The highest BCUT2D eigenvalue weighted by Gasteiger charge is 2.55. The molecule has 0 aliphatic heterocycles. The molecule has 3 fully saturated rings. The van der Waals surface area contributed by atoms with Crippen molar-refractivity contribution in [1.82, 2.24) is 0 Å². The number of hydrogen-bond donors (Lipinski definition) is 0. The number of ketones is 1. The first-order valence-corrected chi connectivity index (χ1v) is 10.7. The van der Waals surface area contributed by atoms with E-state index in [1.165, 1.54) is 37.8 Å². The first-order valence-electron chi connectivity index (χ1n) is 10.7. The maximum Gasteiger partial charge on any atom is 0.330 e. The highest BCUT2D eigenvalue weighted by molar-refractivity contribution is 5.88. The Kier molecular flexibility index (Phi) is 7.86. The van der Waals surface area contributed by atoms with Crippen LogP contribution in [0.2, 0.25) is 0 Å². The van der Waals surface area contributed by atoms with Crippen LogP contribution < -0.4 is 0 Å². The highest BCUT2D eigenvalue weighted by Crippen LogP contribution is 2.62. The lowest BCUT2D eigenvalue weighted by atomic mass is 9.76. The van der Waals surface area contributed by atoms with Crippen LogP contribution in [0.5, 0.6) is 0 Å². The SMILES string of the molecule is C=CC(=O)CCCOCC1CC2C3CC(COCCOC(=O)C=C)C(C3)C2C1. The largest absolute Gasteiger partial charge is 0.460 e. The molecule has 0 aromatic carbocycles. The number of fused-ring (bicyclic) bond motifs is 5. The van der Waals surface area contributed by atoms with Gasteiger partial charge in [-0.25, -0.2) is 4.79 Å². The van der Waals surface area contributed by atoms with Crippen LogP contribution in [-0.2, 0) is 23.8 Å². The summed E-state index contributed by atoms with van der Waals surface area (Å²) in [5, 5.41) is 0. The molecule has 0 aromatic heterocycles. The zero-order valence-electron chi connectivity index (χ0n) is 16.9. The third kappa shape index (κ3) is 5.32. The smallest absolute Gasteiger partial charge is 0.330 e. The molecule has 2 bridgehead atoms. The molecule has 0 amide bonds. The minimum atomic E-state index is -0.391. The number of carbonyl (C=O) groups is 2. The van der Waals surface area contributed by atoms with Crippen LogP contribution in [0.15, 0.2) is 25.3 Å². The van der Waals surface area contributed by atoms with E-state index in [0.717, 1.165) is 43.3 Å². The van der Waals surface area contributed by atoms with Crippen LogP contribution in [0, 0.1) is 35.5 Å². The van der Waals surface area contributed by atoms with Gasteiger partial charge in [0.25, 0.3) is 0 Å². The predicted molar refractivity (Wildman–Crippen MR) is 107 cm³/mol. The summed E-state index contributed by atoms with van der Waals surface area (Å²) < 4.78 is 16.6. The van der Waals surface area contributed by atoms with Crippen LogP contribution >= 0.6 is 0 Å². The fourth-order valence-corrected chi connectivity index (χ4v) is 5.85. The Bertz CT molecular complexity index is 571. The third-order valence-corrected chi connectivity index (χ3v) is 6.97. The van der Waals surface area contributed by atoms with Crippen molar-refractivity contribution < 1.29 is 23.8 Å². The highest BCUT2D eigenvalue weighted by atomic mass is 16.6. The van der Waals surface area contributed by atoms with Crippen LogP contribution in [0.1, 0.15) is 38.5 Å². The van der Waals surface area contributed by atoms with Gasteiger partial charge >= 0.3 is 5.97 Å². The van der Waals surface area contributed by atoms with Gasteiger partial charge in [0, 0.05) is 32.3 Å². The van der Waals surface area contributed by atoms with E-state index >= 15 is 0 Å². The summed E-state index contributed by atoms with van der Waals surface area (Å²) >= 11 is 0. The summed E-state index contributed by atoms with van der Waals surface area (Å²) in [4.78, 5) is 22.2. The molecule has 0 heterocycles. The van der Waals surface area contributed by atoms with Crippen molar-refractivity contribution in [3.8, 4) is 0 Å². The molecule has 5 heteroatoms. The molecule has 0 saturated heterocycles. The van der Waals surface area contributed by atoms with Gasteiger partial charge in [0.2, 0.25) is 0 Å². The Hall–Kier alpha value is -1.46. The minimum absolute atomic E-state index is 0.0997. The van der Waals surface area contributed by atoms with Crippen molar-refractivity contribution in [3.05, 3.63) is 25.3 Å². The average molecular weight is 391 g/mol. The van der Waals surface area contributed by atoms with Gasteiger partial charge in [0.15, 0.2) is 5.78 Å². The number of hydrogen-bond acceptors (Lipinski definition) is 5. The average Bonchev–Trinajstić information content (AvgIpc) is 3.38. The molecular weight excluding hydrogens is 356 g/mol. The molecular formula is C23H34O5. The van der Waals surface area contributed by atoms with Crippen molar-refractivity contribution >= 4 is 11.8 Å². The van der Waals surface area contributed by atoms with Gasteiger partial charge in [-0.15, -0.1) is 0 Å². The normalized spacial score (nSPS) is 32.9. The molecule has 0 aromatic rings. The monoisotopic (exact) mass is 390 g/mol. The molecule has 3 aliphatic carbocycles. The quantitative estimate of drug-likeness (QED) is 0.273. The number of rotatable bonds is 13. The van der Waals surface area contributed by atoms with Crippen molar-refractivity contribution in [2.45, 2.75) is 38.5 Å². The standard InChI is InChI=1S/C23H34O5/c1-3-19(24)6-5-7-26-14-16-10-20-17-12-18(21(13-17)22(20)11-16)15-27-8-9-28-23(25)4-2/h3-4,16-18,20-22H,1-2,5-15H2. The van der Waals surface area contributed by atoms with Crippen LogP contribution in [0.4, 0.5) is 0 Å². The lowest BCUT2D eigenvalue weighted by Gasteiger charge is -2.31. The number of ether oxygens (including phenoxy) is 3. The van der Waals surface area contributed by atoms with Crippen molar-refractivity contribution in [3.63, 3.8) is 0 Å². The Morgan fingerprint density at radius 1 is 0.857 bits per heavy atom. The van der Waals surface area contributed by atoms with Crippen LogP contribution in [0.25, 0.3) is 0 Å². The summed E-state index contributed by atoms with van der Waals surface area (Å²) in [5.41, 5.74) is 0. The van der Waals surface area contributed by atoms with Gasteiger partial charge < -0.3 is 14.2 Å². The molecule has 3 aliphatic rings. The maximum atomic E-state index is 11.2. The topological polar surface area (TPSA) is 61.8 Å². The summed E-state index contributed by atoms with van der Waals surface area (Å²) in [5.74, 6) is 4.41. The Balaban J connectivity index is 1.31. The van der Waals surface area contributed by atoms with Gasteiger partial charge in [0.1, 0.15) is 6.61 Å². The van der Waals surface area contributed by atoms with E-state index < -0.39 is 5.97 Å². The molecule has 0 N–H and O–H groups in total. The van der Waals surface area contributed by atoms with Crippen LogP contribution in [0.3, 0.4) is 0 Å². The number of esters is 1. The Morgan fingerprint density at radius 3 is 2.43 bits per heavy atom. The fourth-order valence-electron chi connectivity index (χ4n) is 5.85. The zero-order valence-corrected chi connectivity index (χ0v) is 16.9. The Morgan fingerprint density at radius 2 is 1.64 bits per heavy atom. The van der Waals surface area contributed by atoms with Gasteiger partial charge in [-0.1, -0.05) is 13.2 Å². The van der Waals surface area contributed by atoms with Crippen LogP contribution in [-0.4, -0.2) is 44.8 Å². The summed E-state index contributed by atoms with van der Waals surface area (Å²) in [6, 6.07) is 0. The minimum Gasteiger partial charge on any atom is -0.460 e. The van der Waals surface area contributed by atoms with Gasteiger partial charge in [-0.05, 0) is 73.7 Å². The predicted octanol–water partition coefficient (Wildman–Crippen LogP) is 3.58. The fraction of sp³-hybridized carbons (Fsp3) is 0.739. The van der Waals surface area contributed by atoms with E-state index in [4.69, 9.17) is 14.2 Å². The summed E-state index contributed by atoms with van der Waals surface area (Å²) in [6.07, 6.45) is 9.14. The number of allylic oxidation sites excluding steroid dienone is 1. The molecule has 6 atom stereocenters. The second-order valence-electron chi connectivity index (χ2n) is 8.62. The molecule has 28 heavy (non-hydrogen) atoms. The number of carbonyl (C=O) groups excluding carboxylic acids is 2. The first kappa shape index (κ1) is 21.3. The lowest BCUT2D eigenvalue weighted by molar-refractivity contribution is -0.139. The second kappa shape index (κ2) is 10.4. The summed E-state index contributed by atoms with van der Waals surface area (Å²) in [6.45, 7) is 9.94. The molecule has 0 radical (unpaired) electrons. The molecule has 0 spiro atoms. The molecule has 156 valence electrons. The van der Waals surface area contributed by atoms with E-state index in [2.05, 4.69) is 13.2 Å². The van der Waals surface area contributed by atoms with E-state index in [-0.39, 0.29) is 5.78 Å². The molecule has 6 unspecified atom stereocenters. The molecule has 3 rings (SSSR count). The Labute approximate surface area is 168 Å². The van der Waals surface area contributed by atoms with Crippen molar-refractivity contribution in [2.24, 2.45) is 35.5 Å².